The lowest BCUT2D eigenvalue weighted by Gasteiger charge is -2.32. The van der Waals surface area contributed by atoms with E-state index in [4.69, 9.17) is 23.2 Å². The van der Waals surface area contributed by atoms with Gasteiger partial charge in [0.05, 0.1) is 0 Å². The third kappa shape index (κ3) is 2.80. The lowest BCUT2D eigenvalue weighted by Crippen LogP contribution is -2.28. The second-order valence-electron chi connectivity index (χ2n) is 5.45. The van der Waals surface area contributed by atoms with Crippen LogP contribution in [0.25, 0.3) is 0 Å². The summed E-state index contributed by atoms with van der Waals surface area (Å²) in [6.07, 6.45) is 5.24. The van der Waals surface area contributed by atoms with Crippen molar-refractivity contribution in [3.63, 3.8) is 0 Å². The monoisotopic (exact) mass is 320 g/mol. The molecule has 1 heterocycles. The average Bonchev–Trinajstić information content (AvgIpc) is 2.51. The standard InChI is InChI=1S/C17H18Cl2N2/c1-20-17(15-13(18)8-3-9-14(15)19)12-7-2-5-11-6-4-10-21-16(11)12/h3-4,6,8-10,12,17,20H,2,5,7H2,1H3. The Balaban J connectivity index is 2.06. The molecule has 1 aromatic heterocycles. The molecule has 1 N–H and O–H groups in total. The van der Waals surface area contributed by atoms with Crippen molar-refractivity contribution in [3.8, 4) is 0 Å². The molecule has 0 saturated heterocycles. The summed E-state index contributed by atoms with van der Waals surface area (Å²) in [5, 5.41) is 4.83. The van der Waals surface area contributed by atoms with Crippen LogP contribution in [-0.4, -0.2) is 12.0 Å². The average molecular weight is 321 g/mol. The second kappa shape index (κ2) is 6.35. The van der Waals surface area contributed by atoms with E-state index in [1.165, 1.54) is 17.7 Å². The molecule has 0 spiro atoms. The molecule has 0 saturated carbocycles. The topological polar surface area (TPSA) is 24.9 Å². The van der Waals surface area contributed by atoms with E-state index in [1.807, 2.05) is 37.5 Å². The Kier molecular flexibility index (Phi) is 4.48. The molecule has 2 unspecified atom stereocenters. The molecule has 110 valence electrons. The number of hydrogen-bond donors (Lipinski definition) is 1. The number of benzene rings is 1. The van der Waals surface area contributed by atoms with Crippen LogP contribution in [0.4, 0.5) is 0 Å². The van der Waals surface area contributed by atoms with Crippen molar-refractivity contribution >= 4 is 23.2 Å². The van der Waals surface area contributed by atoms with Crippen molar-refractivity contribution in [1.29, 1.82) is 0 Å². The first-order valence-corrected chi connectivity index (χ1v) is 8.03. The van der Waals surface area contributed by atoms with Gasteiger partial charge in [-0.3, -0.25) is 4.98 Å². The fraction of sp³-hybridized carbons (Fsp3) is 0.353. The maximum atomic E-state index is 6.40. The molecule has 0 radical (unpaired) electrons. The number of nitrogens with one attached hydrogen (secondary N) is 1. The van der Waals surface area contributed by atoms with Crippen LogP contribution in [0.1, 0.15) is 41.6 Å². The normalized spacial score (nSPS) is 19.1. The highest BCUT2D eigenvalue weighted by Crippen LogP contribution is 2.43. The Morgan fingerprint density at radius 3 is 2.67 bits per heavy atom. The molecular weight excluding hydrogens is 303 g/mol. The molecule has 0 aliphatic heterocycles. The minimum Gasteiger partial charge on any atom is -0.312 e. The summed E-state index contributed by atoms with van der Waals surface area (Å²) < 4.78 is 0. The smallest absolute Gasteiger partial charge is 0.0485 e. The third-order valence-corrected chi connectivity index (χ3v) is 4.92. The molecule has 0 fully saturated rings. The fourth-order valence-corrected chi connectivity index (χ4v) is 3.96. The zero-order valence-electron chi connectivity index (χ0n) is 11.9. The van der Waals surface area contributed by atoms with Crippen molar-refractivity contribution < 1.29 is 0 Å². The minimum absolute atomic E-state index is 0.0835. The van der Waals surface area contributed by atoms with Crippen molar-refractivity contribution in [3.05, 3.63) is 63.4 Å². The molecule has 1 aromatic carbocycles. The highest BCUT2D eigenvalue weighted by Gasteiger charge is 2.31. The van der Waals surface area contributed by atoms with E-state index < -0.39 is 0 Å². The zero-order valence-corrected chi connectivity index (χ0v) is 13.5. The van der Waals surface area contributed by atoms with Gasteiger partial charge in [-0.15, -0.1) is 0 Å². The number of aromatic nitrogens is 1. The first-order chi connectivity index (χ1) is 10.2. The Labute approximate surface area is 135 Å². The van der Waals surface area contributed by atoms with Gasteiger partial charge in [-0.2, -0.15) is 0 Å². The van der Waals surface area contributed by atoms with Gasteiger partial charge >= 0.3 is 0 Å². The maximum absolute atomic E-state index is 6.40. The molecule has 1 aliphatic carbocycles. The molecule has 0 bridgehead atoms. The first-order valence-electron chi connectivity index (χ1n) is 7.27. The lowest BCUT2D eigenvalue weighted by molar-refractivity contribution is 0.416. The van der Waals surface area contributed by atoms with Gasteiger partial charge in [0.25, 0.3) is 0 Å². The maximum Gasteiger partial charge on any atom is 0.0485 e. The largest absolute Gasteiger partial charge is 0.312 e. The van der Waals surface area contributed by atoms with Gasteiger partial charge in [0, 0.05) is 39.5 Å². The van der Waals surface area contributed by atoms with E-state index in [2.05, 4.69) is 16.4 Å². The fourth-order valence-electron chi connectivity index (χ4n) is 3.32. The first kappa shape index (κ1) is 14.8. The summed E-state index contributed by atoms with van der Waals surface area (Å²) >= 11 is 12.8. The van der Waals surface area contributed by atoms with E-state index >= 15 is 0 Å². The number of nitrogens with zero attached hydrogens (tertiary/aromatic N) is 1. The number of hydrogen-bond acceptors (Lipinski definition) is 2. The van der Waals surface area contributed by atoms with Crippen molar-refractivity contribution in [2.24, 2.45) is 0 Å². The number of fused-ring (bicyclic) bond motifs is 1. The van der Waals surface area contributed by atoms with Crippen molar-refractivity contribution in [2.45, 2.75) is 31.2 Å². The summed E-state index contributed by atoms with van der Waals surface area (Å²) in [6, 6.07) is 9.95. The van der Waals surface area contributed by atoms with E-state index in [1.54, 1.807) is 0 Å². The molecule has 2 nitrogen and oxygen atoms in total. The molecule has 21 heavy (non-hydrogen) atoms. The lowest BCUT2D eigenvalue weighted by atomic mass is 9.79. The number of halogens is 2. The summed E-state index contributed by atoms with van der Waals surface area (Å²) in [7, 11) is 1.96. The van der Waals surface area contributed by atoms with E-state index in [0.717, 1.165) is 18.4 Å². The molecular formula is C17H18Cl2N2. The van der Waals surface area contributed by atoms with Crippen molar-refractivity contribution in [2.75, 3.05) is 7.05 Å². The van der Waals surface area contributed by atoms with Gasteiger partial charge in [0.2, 0.25) is 0 Å². The van der Waals surface area contributed by atoms with Gasteiger partial charge in [0.15, 0.2) is 0 Å². The zero-order chi connectivity index (χ0) is 14.8. The van der Waals surface area contributed by atoms with Crippen LogP contribution >= 0.6 is 23.2 Å². The number of pyridine rings is 1. The third-order valence-electron chi connectivity index (χ3n) is 4.26. The predicted octanol–water partition coefficient (Wildman–Crippen LogP) is 4.77. The van der Waals surface area contributed by atoms with Gasteiger partial charge < -0.3 is 5.32 Å². The molecule has 2 atom stereocenters. The van der Waals surface area contributed by atoms with E-state index in [0.29, 0.717) is 16.0 Å². The van der Waals surface area contributed by atoms with Crippen LogP contribution in [-0.2, 0) is 6.42 Å². The van der Waals surface area contributed by atoms with Crippen LogP contribution in [0, 0.1) is 0 Å². The van der Waals surface area contributed by atoms with E-state index in [9.17, 15) is 0 Å². The predicted molar refractivity (Wildman–Crippen MR) is 88.2 cm³/mol. The minimum atomic E-state index is 0.0835. The quantitative estimate of drug-likeness (QED) is 0.881. The SMILES string of the molecule is CNC(c1c(Cl)cccc1Cl)C1CCCc2cccnc21. The van der Waals surface area contributed by atoms with Gasteiger partial charge in [-0.05, 0) is 50.1 Å². The number of rotatable bonds is 3. The van der Waals surface area contributed by atoms with Crippen molar-refractivity contribution in [1.82, 2.24) is 10.3 Å². The molecule has 2 aromatic rings. The Hall–Kier alpha value is -1.09. The highest BCUT2D eigenvalue weighted by molar-refractivity contribution is 6.36. The summed E-state index contributed by atoms with van der Waals surface area (Å²) in [4.78, 5) is 4.63. The van der Waals surface area contributed by atoms with Crippen LogP contribution in [0.2, 0.25) is 10.0 Å². The van der Waals surface area contributed by atoms with Crippen LogP contribution < -0.4 is 5.32 Å². The van der Waals surface area contributed by atoms with Crippen LogP contribution in [0.3, 0.4) is 0 Å². The van der Waals surface area contributed by atoms with Crippen LogP contribution in [0.15, 0.2) is 36.5 Å². The van der Waals surface area contributed by atoms with Crippen LogP contribution in [0.5, 0.6) is 0 Å². The Morgan fingerprint density at radius 1 is 1.19 bits per heavy atom. The Morgan fingerprint density at radius 2 is 1.95 bits per heavy atom. The number of aryl methyl sites for hydroxylation is 1. The number of likely N-dealkylation sites (N-methyl/N-ethyl adjacent to an activating group) is 1. The summed E-state index contributed by atoms with van der Waals surface area (Å²) in [5.74, 6) is 0.303. The molecule has 0 amide bonds. The summed E-state index contributed by atoms with van der Waals surface area (Å²) in [6.45, 7) is 0. The van der Waals surface area contributed by atoms with Gasteiger partial charge in [-0.1, -0.05) is 35.3 Å². The van der Waals surface area contributed by atoms with Gasteiger partial charge in [0.1, 0.15) is 0 Å². The Bertz CT molecular complexity index is 622. The molecule has 3 rings (SSSR count). The second-order valence-corrected chi connectivity index (χ2v) is 6.26. The molecule has 4 heteroatoms. The highest BCUT2D eigenvalue weighted by atomic mass is 35.5. The molecule has 1 aliphatic rings. The van der Waals surface area contributed by atoms with E-state index in [-0.39, 0.29) is 6.04 Å². The van der Waals surface area contributed by atoms with Gasteiger partial charge in [-0.25, -0.2) is 0 Å². The summed E-state index contributed by atoms with van der Waals surface area (Å²) in [5.41, 5.74) is 3.50.